The van der Waals surface area contributed by atoms with E-state index in [2.05, 4.69) is 4.98 Å². The number of rotatable bonds is 5. The number of morpholine rings is 1. The number of aryl methyl sites for hydroxylation is 1. The molecule has 1 aromatic heterocycles. The second-order valence-electron chi connectivity index (χ2n) is 8.24. The zero-order valence-electron chi connectivity index (χ0n) is 19.2. The number of carbonyl (C=O) groups is 1. The van der Waals surface area contributed by atoms with Gasteiger partial charge in [0.25, 0.3) is 5.91 Å². The Bertz CT molecular complexity index is 1200. The summed E-state index contributed by atoms with van der Waals surface area (Å²) in [7, 11) is 0. The van der Waals surface area contributed by atoms with Crippen molar-refractivity contribution in [3.8, 4) is 0 Å². The van der Waals surface area contributed by atoms with E-state index in [4.69, 9.17) is 16.3 Å². The molecule has 0 aliphatic carbocycles. The van der Waals surface area contributed by atoms with Crippen LogP contribution < -0.4 is 4.90 Å². The fraction of sp³-hybridized carbons (Fsp3) is 0.391. The Kier molecular flexibility index (Phi) is 9.01. The molecular weight excluding hydrogens is 567 g/mol. The monoisotopic (exact) mass is 587 g/mol. The van der Waals surface area contributed by atoms with E-state index in [1.165, 1.54) is 0 Å². The molecule has 2 heterocycles. The van der Waals surface area contributed by atoms with Crippen molar-refractivity contribution in [2.45, 2.75) is 19.3 Å². The van der Waals surface area contributed by atoms with Crippen molar-refractivity contribution in [1.82, 2.24) is 9.88 Å². The van der Waals surface area contributed by atoms with Gasteiger partial charge in [-0.2, -0.15) is 26.3 Å². The highest BCUT2D eigenvalue weighted by Crippen LogP contribution is 2.39. The predicted octanol–water partition coefficient (Wildman–Crippen LogP) is 6.70. The average Bonchev–Trinajstić information content (AvgIpc) is 3.27. The molecule has 1 saturated heterocycles. The van der Waals surface area contributed by atoms with Crippen LogP contribution in [-0.2, 0) is 17.1 Å². The lowest BCUT2D eigenvalue weighted by Gasteiger charge is -2.29. The zero-order chi connectivity index (χ0) is 26.3. The second kappa shape index (κ2) is 11.3. The number of carbonyl (C=O) groups excluding carboxylic acids is 1. The van der Waals surface area contributed by atoms with Gasteiger partial charge in [0.05, 0.1) is 39.6 Å². The van der Waals surface area contributed by atoms with Crippen molar-refractivity contribution in [2.24, 2.45) is 0 Å². The number of nitrogens with zero attached hydrogens (tertiary/aromatic N) is 3. The van der Waals surface area contributed by atoms with E-state index in [1.807, 2.05) is 4.90 Å². The number of fused-ring (bicyclic) bond motifs is 1. The number of ether oxygens (including phenoxy) is 1. The van der Waals surface area contributed by atoms with Gasteiger partial charge in [-0.05, 0) is 36.8 Å². The van der Waals surface area contributed by atoms with Gasteiger partial charge in [-0.15, -0.1) is 12.4 Å². The summed E-state index contributed by atoms with van der Waals surface area (Å²) in [5.74, 6) is -1.02. The van der Waals surface area contributed by atoms with Crippen molar-refractivity contribution < 1.29 is 35.9 Å². The van der Waals surface area contributed by atoms with Crippen LogP contribution in [0.25, 0.3) is 10.2 Å². The number of halogens is 8. The lowest BCUT2D eigenvalue weighted by atomic mass is 10.0. The van der Waals surface area contributed by atoms with Crippen molar-refractivity contribution >= 4 is 56.6 Å². The lowest BCUT2D eigenvalue weighted by molar-refractivity contribution is -0.143. The SMILES string of the molecule is Cc1ccc(Cl)c2sc(N(CCN3CCOCC3)C(=O)c3cc(C(F)(F)F)cc(C(F)(F)F)c3)nc12.Cl. The van der Waals surface area contributed by atoms with E-state index in [0.29, 0.717) is 60.2 Å². The first kappa shape index (κ1) is 29.4. The number of amides is 1. The maximum atomic E-state index is 13.5. The summed E-state index contributed by atoms with van der Waals surface area (Å²) in [5.41, 5.74) is -2.59. The van der Waals surface area contributed by atoms with Gasteiger partial charge in [0.2, 0.25) is 0 Å². The number of hydrogen-bond donors (Lipinski definition) is 0. The van der Waals surface area contributed by atoms with E-state index in [-0.39, 0.29) is 30.1 Å². The summed E-state index contributed by atoms with van der Waals surface area (Å²) < 4.78 is 86.3. The number of alkyl halides is 6. The highest BCUT2D eigenvalue weighted by Gasteiger charge is 2.38. The van der Waals surface area contributed by atoms with Crippen LogP contribution in [0.2, 0.25) is 5.02 Å². The molecule has 37 heavy (non-hydrogen) atoms. The summed E-state index contributed by atoms with van der Waals surface area (Å²) in [6, 6.07) is 4.26. The molecule has 4 rings (SSSR count). The van der Waals surface area contributed by atoms with Crippen LogP contribution in [0.4, 0.5) is 31.5 Å². The van der Waals surface area contributed by atoms with Crippen LogP contribution in [0.1, 0.15) is 27.0 Å². The van der Waals surface area contributed by atoms with Crippen molar-refractivity contribution in [1.29, 1.82) is 0 Å². The minimum atomic E-state index is -5.07. The number of anilines is 1. The third-order valence-corrected chi connectivity index (χ3v) is 7.28. The van der Waals surface area contributed by atoms with E-state index in [1.54, 1.807) is 19.1 Å². The smallest absolute Gasteiger partial charge is 0.379 e. The molecule has 0 unspecified atom stereocenters. The summed E-state index contributed by atoms with van der Waals surface area (Å²) >= 11 is 7.33. The standard InChI is InChI=1S/C23H20ClF6N3O2S.ClH/c1-13-2-3-17(24)19-18(13)31-21(36-19)33(5-4-32-6-8-35-9-7-32)20(34)14-10-15(22(25,26)27)12-16(11-14)23(28,29)30;/h2-3,10-12H,4-9H2,1H3;1H. The van der Waals surface area contributed by atoms with Crippen LogP contribution in [0.5, 0.6) is 0 Å². The quantitative estimate of drug-likeness (QED) is 0.312. The summed E-state index contributed by atoms with van der Waals surface area (Å²) in [4.78, 5) is 21.1. The summed E-state index contributed by atoms with van der Waals surface area (Å²) in [5, 5.41) is 0.504. The topological polar surface area (TPSA) is 45.7 Å². The number of benzene rings is 2. The van der Waals surface area contributed by atoms with Gasteiger partial charge in [0.15, 0.2) is 5.13 Å². The largest absolute Gasteiger partial charge is 0.416 e. The fourth-order valence-corrected chi connectivity index (χ4v) is 5.13. The first-order valence-electron chi connectivity index (χ1n) is 10.8. The fourth-order valence-electron chi connectivity index (χ4n) is 3.79. The van der Waals surface area contributed by atoms with Crippen LogP contribution in [0, 0.1) is 6.92 Å². The minimum absolute atomic E-state index is 0. The third-order valence-electron chi connectivity index (χ3n) is 5.74. The molecule has 0 saturated carbocycles. The number of aromatic nitrogens is 1. The zero-order valence-corrected chi connectivity index (χ0v) is 21.6. The van der Waals surface area contributed by atoms with Crippen molar-refractivity contribution in [3.05, 3.63) is 57.6 Å². The summed E-state index contributed by atoms with van der Waals surface area (Å²) in [6.45, 7) is 4.21. The van der Waals surface area contributed by atoms with E-state index in [0.717, 1.165) is 21.8 Å². The third kappa shape index (κ3) is 6.66. The molecule has 1 aliphatic rings. The lowest BCUT2D eigenvalue weighted by Crippen LogP contribution is -2.43. The van der Waals surface area contributed by atoms with Gasteiger partial charge >= 0.3 is 12.4 Å². The Morgan fingerprint density at radius 2 is 1.68 bits per heavy atom. The molecule has 1 amide bonds. The molecule has 0 atom stereocenters. The average molecular weight is 588 g/mol. The molecule has 0 N–H and O–H groups in total. The van der Waals surface area contributed by atoms with Gasteiger partial charge in [0.1, 0.15) is 0 Å². The molecule has 3 aromatic rings. The second-order valence-corrected chi connectivity index (χ2v) is 9.63. The Morgan fingerprint density at radius 3 is 2.22 bits per heavy atom. The number of thiazole rings is 1. The first-order chi connectivity index (χ1) is 16.8. The van der Waals surface area contributed by atoms with Gasteiger partial charge < -0.3 is 4.74 Å². The van der Waals surface area contributed by atoms with Crippen LogP contribution >= 0.6 is 35.3 Å². The summed E-state index contributed by atoms with van der Waals surface area (Å²) in [6.07, 6.45) is -10.1. The van der Waals surface area contributed by atoms with Crippen molar-refractivity contribution in [3.63, 3.8) is 0 Å². The highest BCUT2D eigenvalue weighted by atomic mass is 35.5. The maximum Gasteiger partial charge on any atom is 0.416 e. The van der Waals surface area contributed by atoms with Crippen LogP contribution in [0.15, 0.2) is 30.3 Å². The molecular formula is C23H21Cl2F6N3O2S. The van der Waals surface area contributed by atoms with Gasteiger partial charge in [-0.1, -0.05) is 29.0 Å². The molecule has 0 spiro atoms. The molecule has 5 nitrogen and oxygen atoms in total. The van der Waals surface area contributed by atoms with Crippen molar-refractivity contribution in [2.75, 3.05) is 44.3 Å². The molecule has 0 radical (unpaired) electrons. The molecule has 202 valence electrons. The highest BCUT2D eigenvalue weighted by molar-refractivity contribution is 7.23. The Balaban J connectivity index is 0.00000380. The molecule has 1 aliphatic heterocycles. The Labute approximate surface area is 223 Å². The van der Waals surface area contributed by atoms with Gasteiger partial charge in [-0.3, -0.25) is 14.6 Å². The molecule has 0 bridgehead atoms. The van der Waals surface area contributed by atoms with E-state index < -0.39 is 35.0 Å². The Morgan fingerprint density at radius 1 is 1.08 bits per heavy atom. The predicted molar refractivity (Wildman–Crippen MR) is 132 cm³/mol. The van der Waals surface area contributed by atoms with Gasteiger partial charge in [-0.25, -0.2) is 4.98 Å². The molecule has 2 aromatic carbocycles. The normalized spacial score (nSPS) is 15.0. The maximum absolute atomic E-state index is 13.5. The van der Waals surface area contributed by atoms with Crippen LogP contribution in [-0.4, -0.2) is 55.2 Å². The molecule has 14 heteroatoms. The Hall–Kier alpha value is -2.12. The van der Waals surface area contributed by atoms with Gasteiger partial charge in [0, 0.05) is 31.7 Å². The van der Waals surface area contributed by atoms with E-state index in [9.17, 15) is 31.1 Å². The van der Waals surface area contributed by atoms with Crippen LogP contribution in [0.3, 0.4) is 0 Å². The molecule has 1 fully saturated rings. The first-order valence-corrected chi connectivity index (χ1v) is 12.0. The number of hydrogen-bond acceptors (Lipinski definition) is 5. The minimum Gasteiger partial charge on any atom is -0.379 e. The van der Waals surface area contributed by atoms with E-state index >= 15 is 0 Å².